The van der Waals surface area contributed by atoms with Crippen LogP contribution >= 0.6 is 0 Å². The number of carbonyl (C=O) groups is 2. The van der Waals surface area contributed by atoms with E-state index in [0.29, 0.717) is 30.6 Å². The summed E-state index contributed by atoms with van der Waals surface area (Å²) < 4.78 is 0. The molecule has 0 aromatic heterocycles. The second-order valence-electron chi connectivity index (χ2n) is 8.07. The molecule has 1 aliphatic carbocycles. The molecule has 2 saturated heterocycles. The van der Waals surface area contributed by atoms with Gasteiger partial charge < -0.3 is 9.80 Å². The van der Waals surface area contributed by atoms with Crippen molar-refractivity contribution < 1.29 is 9.59 Å². The molecule has 5 nitrogen and oxygen atoms in total. The van der Waals surface area contributed by atoms with Gasteiger partial charge in [-0.05, 0) is 52.0 Å². The zero-order valence-corrected chi connectivity index (χ0v) is 16.1. The minimum atomic E-state index is 0.193. The summed E-state index contributed by atoms with van der Waals surface area (Å²) in [7, 11) is 0. The van der Waals surface area contributed by atoms with Gasteiger partial charge in [-0.3, -0.25) is 14.5 Å². The summed E-state index contributed by atoms with van der Waals surface area (Å²) in [5, 5.41) is 0. The van der Waals surface area contributed by atoms with Crippen molar-refractivity contribution in [1.82, 2.24) is 14.7 Å². The van der Waals surface area contributed by atoms with Crippen molar-refractivity contribution in [2.45, 2.75) is 89.8 Å². The minimum absolute atomic E-state index is 0.193. The minimum Gasteiger partial charge on any atom is -0.339 e. The number of carbonyl (C=O) groups excluding carboxylic acids is 2. The molecule has 3 fully saturated rings. The third-order valence-electron chi connectivity index (χ3n) is 6.58. The Labute approximate surface area is 152 Å². The van der Waals surface area contributed by atoms with E-state index >= 15 is 0 Å². The quantitative estimate of drug-likeness (QED) is 0.766. The maximum absolute atomic E-state index is 13.0. The summed E-state index contributed by atoms with van der Waals surface area (Å²) in [6.07, 6.45) is 10.6. The smallest absolute Gasteiger partial charge is 0.236 e. The van der Waals surface area contributed by atoms with E-state index in [1.165, 1.54) is 32.1 Å². The lowest BCUT2D eigenvalue weighted by atomic mass is 9.94. The normalized spacial score (nSPS) is 28.5. The van der Waals surface area contributed by atoms with Crippen molar-refractivity contribution in [3.8, 4) is 0 Å². The van der Waals surface area contributed by atoms with Crippen LogP contribution in [0.3, 0.4) is 0 Å². The maximum atomic E-state index is 13.0. The number of rotatable bonds is 5. The Balaban J connectivity index is 1.62. The Morgan fingerprint density at radius 1 is 0.920 bits per heavy atom. The van der Waals surface area contributed by atoms with E-state index < -0.39 is 0 Å². The van der Waals surface area contributed by atoms with Crippen molar-refractivity contribution in [1.29, 1.82) is 0 Å². The molecular formula is C20H35N3O2. The van der Waals surface area contributed by atoms with E-state index in [1.54, 1.807) is 6.92 Å². The van der Waals surface area contributed by atoms with Crippen LogP contribution in [0.4, 0.5) is 0 Å². The average Bonchev–Trinajstić information content (AvgIpc) is 3.25. The Bertz CT molecular complexity index is 476. The van der Waals surface area contributed by atoms with Gasteiger partial charge in [0.2, 0.25) is 11.8 Å². The molecule has 0 radical (unpaired) electrons. The fourth-order valence-corrected chi connectivity index (χ4v) is 5.36. The van der Waals surface area contributed by atoms with Crippen LogP contribution in [0.2, 0.25) is 0 Å². The summed E-state index contributed by atoms with van der Waals surface area (Å²) in [6.45, 7) is 7.05. The van der Waals surface area contributed by atoms with Gasteiger partial charge in [0.15, 0.2) is 0 Å². The zero-order chi connectivity index (χ0) is 17.8. The number of amides is 2. The molecule has 25 heavy (non-hydrogen) atoms. The summed E-state index contributed by atoms with van der Waals surface area (Å²) in [4.78, 5) is 31.5. The first kappa shape index (κ1) is 18.7. The summed E-state index contributed by atoms with van der Waals surface area (Å²) in [5.41, 5.74) is 0. The number of likely N-dealkylation sites (N-methyl/N-ethyl adjacent to an activating group) is 1. The van der Waals surface area contributed by atoms with E-state index in [9.17, 15) is 9.59 Å². The lowest BCUT2D eigenvalue weighted by Crippen LogP contribution is -2.52. The SMILES string of the molecule is CCN(C(=O)CN1CCCC1C1CCCN1C(C)=O)C1CCCCC1. The topological polar surface area (TPSA) is 43.9 Å². The predicted octanol–water partition coefficient (Wildman–Crippen LogP) is 2.64. The molecule has 1 saturated carbocycles. The molecule has 142 valence electrons. The lowest BCUT2D eigenvalue weighted by Gasteiger charge is -2.37. The molecule has 5 heteroatoms. The molecule has 3 rings (SSSR count). The highest BCUT2D eigenvalue weighted by Gasteiger charge is 2.39. The van der Waals surface area contributed by atoms with Gasteiger partial charge >= 0.3 is 0 Å². The maximum Gasteiger partial charge on any atom is 0.236 e. The van der Waals surface area contributed by atoms with Gasteiger partial charge in [-0.2, -0.15) is 0 Å². The van der Waals surface area contributed by atoms with Crippen molar-refractivity contribution in [2.24, 2.45) is 0 Å². The van der Waals surface area contributed by atoms with Crippen LogP contribution in [0, 0.1) is 0 Å². The van der Waals surface area contributed by atoms with Crippen LogP contribution in [0.15, 0.2) is 0 Å². The Kier molecular flexibility index (Phi) is 6.37. The molecule has 3 aliphatic rings. The molecule has 2 atom stereocenters. The molecular weight excluding hydrogens is 314 g/mol. The molecule has 0 bridgehead atoms. The van der Waals surface area contributed by atoms with Gasteiger partial charge in [-0.1, -0.05) is 19.3 Å². The molecule has 0 N–H and O–H groups in total. The Hall–Kier alpha value is -1.10. The van der Waals surface area contributed by atoms with Gasteiger partial charge in [-0.15, -0.1) is 0 Å². The van der Waals surface area contributed by atoms with Crippen LogP contribution in [0.25, 0.3) is 0 Å². The van der Waals surface area contributed by atoms with Gasteiger partial charge in [-0.25, -0.2) is 0 Å². The summed E-state index contributed by atoms with van der Waals surface area (Å²) in [5.74, 6) is 0.492. The molecule has 2 unspecified atom stereocenters. The number of hydrogen-bond donors (Lipinski definition) is 0. The molecule has 2 aliphatic heterocycles. The van der Waals surface area contributed by atoms with E-state index in [4.69, 9.17) is 0 Å². The van der Waals surface area contributed by atoms with E-state index in [0.717, 1.165) is 45.3 Å². The van der Waals surface area contributed by atoms with E-state index in [-0.39, 0.29) is 5.91 Å². The third kappa shape index (κ3) is 4.18. The molecule has 0 aromatic carbocycles. The second kappa shape index (κ2) is 8.52. The lowest BCUT2D eigenvalue weighted by molar-refractivity contribution is -0.136. The largest absolute Gasteiger partial charge is 0.339 e. The number of nitrogens with zero attached hydrogens (tertiary/aromatic N) is 3. The fraction of sp³-hybridized carbons (Fsp3) is 0.900. The van der Waals surface area contributed by atoms with Crippen molar-refractivity contribution in [3.05, 3.63) is 0 Å². The van der Waals surface area contributed by atoms with Crippen molar-refractivity contribution in [3.63, 3.8) is 0 Å². The van der Waals surface area contributed by atoms with Gasteiger partial charge in [0.25, 0.3) is 0 Å². The highest BCUT2D eigenvalue weighted by Crippen LogP contribution is 2.30. The summed E-state index contributed by atoms with van der Waals surface area (Å²) >= 11 is 0. The number of hydrogen-bond acceptors (Lipinski definition) is 3. The molecule has 0 aromatic rings. The van der Waals surface area contributed by atoms with Crippen LogP contribution in [-0.4, -0.2) is 70.8 Å². The zero-order valence-electron chi connectivity index (χ0n) is 16.1. The average molecular weight is 350 g/mol. The highest BCUT2D eigenvalue weighted by molar-refractivity contribution is 5.78. The second-order valence-corrected chi connectivity index (χ2v) is 8.07. The monoisotopic (exact) mass is 349 g/mol. The third-order valence-corrected chi connectivity index (χ3v) is 6.58. The predicted molar refractivity (Wildman–Crippen MR) is 99.3 cm³/mol. The van der Waals surface area contributed by atoms with Gasteiger partial charge in [0.1, 0.15) is 0 Å². The number of likely N-dealkylation sites (tertiary alicyclic amines) is 2. The highest BCUT2D eigenvalue weighted by atomic mass is 16.2. The van der Waals surface area contributed by atoms with Gasteiger partial charge in [0, 0.05) is 38.1 Å². The first-order chi connectivity index (χ1) is 12.1. The van der Waals surface area contributed by atoms with Crippen LogP contribution in [-0.2, 0) is 9.59 Å². The summed E-state index contributed by atoms with van der Waals surface area (Å²) in [6, 6.07) is 1.14. The fourth-order valence-electron chi connectivity index (χ4n) is 5.36. The standard InChI is InChI=1S/C20H35N3O2/c1-3-22(17-9-5-4-6-10-17)20(25)15-21-13-7-11-18(21)19-12-8-14-23(19)16(2)24/h17-19H,3-15H2,1-2H3. The van der Waals surface area contributed by atoms with Crippen LogP contribution in [0.1, 0.15) is 71.6 Å². The van der Waals surface area contributed by atoms with Crippen molar-refractivity contribution in [2.75, 3.05) is 26.2 Å². The molecule has 2 heterocycles. The Morgan fingerprint density at radius 2 is 1.60 bits per heavy atom. The van der Waals surface area contributed by atoms with E-state index in [2.05, 4.69) is 16.7 Å². The molecule has 0 spiro atoms. The molecule has 2 amide bonds. The first-order valence-corrected chi connectivity index (χ1v) is 10.4. The van der Waals surface area contributed by atoms with Crippen molar-refractivity contribution >= 4 is 11.8 Å². The Morgan fingerprint density at radius 3 is 2.28 bits per heavy atom. The van der Waals surface area contributed by atoms with Crippen LogP contribution in [0.5, 0.6) is 0 Å². The first-order valence-electron chi connectivity index (χ1n) is 10.4. The van der Waals surface area contributed by atoms with Gasteiger partial charge in [0.05, 0.1) is 6.54 Å². The van der Waals surface area contributed by atoms with Crippen LogP contribution < -0.4 is 0 Å². The van der Waals surface area contributed by atoms with E-state index in [1.807, 2.05) is 4.90 Å².